The Bertz CT molecular complexity index is 1080. The number of hydrogen-bond acceptors (Lipinski definition) is 7. The molecule has 4 rings (SSSR count). The van der Waals surface area contributed by atoms with Gasteiger partial charge in [0, 0.05) is 11.8 Å². The topological polar surface area (TPSA) is 74.2 Å². The predicted molar refractivity (Wildman–Crippen MR) is 138 cm³/mol. The quantitative estimate of drug-likeness (QED) is 0.390. The minimum atomic E-state index is -1.05. The number of benzene rings is 3. The van der Waals surface area contributed by atoms with Gasteiger partial charge in [-0.05, 0) is 30.2 Å². The SMILES string of the molecule is CC(=O)OC[C@H]1O[C@@H](Sc2ccc(C)cc2)[C@H](OCc2ccccc2)[C@@H](OCc2ccccc2)[C@@H]1O. The van der Waals surface area contributed by atoms with E-state index in [9.17, 15) is 9.90 Å². The third kappa shape index (κ3) is 7.41. The van der Waals surface area contributed by atoms with Crippen LogP contribution in [0.5, 0.6) is 0 Å². The Morgan fingerprint density at radius 2 is 1.42 bits per heavy atom. The Morgan fingerprint density at radius 1 is 0.861 bits per heavy atom. The van der Waals surface area contributed by atoms with Crippen molar-refractivity contribution >= 4 is 17.7 Å². The summed E-state index contributed by atoms with van der Waals surface area (Å²) in [4.78, 5) is 12.5. The molecule has 1 aliphatic rings. The first-order valence-corrected chi connectivity index (χ1v) is 12.9. The van der Waals surface area contributed by atoms with Gasteiger partial charge in [0.1, 0.15) is 36.5 Å². The number of thioether (sulfide) groups is 1. The van der Waals surface area contributed by atoms with E-state index in [-0.39, 0.29) is 6.61 Å². The second-order valence-corrected chi connectivity index (χ2v) is 9.96. The largest absolute Gasteiger partial charge is 0.463 e. The molecule has 1 heterocycles. The molecular formula is C29H32O6S. The van der Waals surface area contributed by atoms with E-state index < -0.39 is 35.8 Å². The first-order valence-electron chi connectivity index (χ1n) is 12.0. The van der Waals surface area contributed by atoms with E-state index in [1.807, 2.05) is 91.9 Å². The Morgan fingerprint density at radius 3 is 1.97 bits per heavy atom. The van der Waals surface area contributed by atoms with Gasteiger partial charge in [0.25, 0.3) is 0 Å². The van der Waals surface area contributed by atoms with E-state index >= 15 is 0 Å². The van der Waals surface area contributed by atoms with Crippen molar-refractivity contribution in [3.8, 4) is 0 Å². The lowest BCUT2D eigenvalue weighted by molar-refractivity contribution is -0.239. The normalized spacial score (nSPS) is 23.8. The first kappa shape index (κ1) is 26.4. The van der Waals surface area contributed by atoms with Crippen LogP contribution < -0.4 is 0 Å². The van der Waals surface area contributed by atoms with Gasteiger partial charge in [0.15, 0.2) is 0 Å². The van der Waals surface area contributed by atoms with Crippen LogP contribution in [-0.4, -0.2) is 47.5 Å². The van der Waals surface area contributed by atoms with E-state index in [2.05, 4.69) is 0 Å². The van der Waals surface area contributed by atoms with Crippen molar-refractivity contribution in [3.05, 3.63) is 102 Å². The molecule has 1 saturated heterocycles. The van der Waals surface area contributed by atoms with E-state index in [1.165, 1.54) is 18.7 Å². The molecule has 0 saturated carbocycles. The van der Waals surface area contributed by atoms with Crippen LogP contribution in [0.25, 0.3) is 0 Å². The summed E-state index contributed by atoms with van der Waals surface area (Å²) in [5, 5.41) is 11.3. The van der Waals surface area contributed by atoms with Crippen LogP contribution in [0.4, 0.5) is 0 Å². The fraction of sp³-hybridized carbons (Fsp3) is 0.345. The third-order valence-electron chi connectivity index (χ3n) is 5.91. The number of rotatable bonds is 10. The minimum Gasteiger partial charge on any atom is -0.463 e. The van der Waals surface area contributed by atoms with Crippen LogP contribution >= 0.6 is 11.8 Å². The van der Waals surface area contributed by atoms with E-state index in [0.29, 0.717) is 13.2 Å². The molecule has 6 nitrogen and oxygen atoms in total. The fourth-order valence-corrected chi connectivity index (χ4v) is 5.10. The van der Waals surface area contributed by atoms with Crippen LogP contribution in [0.15, 0.2) is 89.8 Å². The maximum Gasteiger partial charge on any atom is 0.302 e. The van der Waals surface area contributed by atoms with Crippen molar-refractivity contribution in [2.24, 2.45) is 0 Å². The molecule has 3 aromatic rings. The Labute approximate surface area is 216 Å². The van der Waals surface area contributed by atoms with Crippen LogP contribution in [0.3, 0.4) is 0 Å². The highest BCUT2D eigenvalue weighted by molar-refractivity contribution is 7.99. The van der Waals surface area contributed by atoms with E-state index in [4.69, 9.17) is 18.9 Å². The molecule has 1 fully saturated rings. The van der Waals surface area contributed by atoms with Crippen LogP contribution in [0.1, 0.15) is 23.6 Å². The van der Waals surface area contributed by atoms with E-state index in [0.717, 1.165) is 21.6 Å². The van der Waals surface area contributed by atoms with Gasteiger partial charge in [0.05, 0.1) is 13.2 Å². The molecule has 0 spiro atoms. The number of aliphatic hydroxyl groups excluding tert-OH is 1. The zero-order valence-corrected chi connectivity index (χ0v) is 21.3. The molecule has 1 aliphatic heterocycles. The Kier molecular flexibility index (Phi) is 9.55. The molecular weight excluding hydrogens is 476 g/mol. The van der Waals surface area contributed by atoms with Crippen molar-refractivity contribution in [3.63, 3.8) is 0 Å². The second kappa shape index (κ2) is 13.0. The summed E-state index contributed by atoms with van der Waals surface area (Å²) in [6.45, 7) is 3.94. The van der Waals surface area contributed by atoms with Gasteiger partial charge in [-0.25, -0.2) is 0 Å². The molecule has 36 heavy (non-hydrogen) atoms. The molecule has 0 aliphatic carbocycles. The maximum absolute atomic E-state index is 11.5. The highest BCUT2D eigenvalue weighted by Gasteiger charge is 2.47. The Hall–Kier alpha value is -2.68. The maximum atomic E-state index is 11.5. The van der Waals surface area contributed by atoms with Crippen molar-refractivity contribution in [2.75, 3.05) is 6.61 Å². The van der Waals surface area contributed by atoms with Crippen molar-refractivity contribution < 1.29 is 28.8 Å². The monoisotopic (exact) mass is 508 g/mol. The van der Waals surface area contributed by atoms with Gasteiger partial charge in [-0.1, -0.05) is 90.1 Å². The molecule has 190 valence electrons. The smallest absolute Gasteiger partial charge is 0.302 e. The van der Waals surface area contributed by atoms with Crippen molar-refractivity contribution in [1.82, 2.24) is 0 Å². The fourth-order valence-electron chi connectivity index (χ4n) is 3.97. The number of ether oxygens (including phenoxy) is 4. The summed E-state index contributed by atoms with van der Waals surface area (Å²) in [5.41, 5.74) is 2.65. The van der Waals surface area contributed by atoms with Gasteiger partial charge < -0.3 is 24.1 Å². The third-order valence-corrected chi connectivity index (χ3v) is 7.07. The van der Waals surface area contributed by atoms with Gasteiger partial charge in [-0.3, -0.25) is 4.79 Å². The Balaban J connectivity index is 1.59. The molecule has 0 bridgehead atoms. The minimum absolute atomic E-state index is 0.0714. The molecule has 0 radical (unpaired) electrons. The highest BCUT2D eigenvalue weighted by Crippen LogP contribution is 2.37. The molecule has 0 aromatic heterocycles. The van der Waals surface area contributed by atoms with Gasteiger partial charge >= 0.3 is 5.97 Å². The molecule has 1 N–H and O–H groups in total. The van der Waals surface area contributed by atoms with Gasteiger partial charge in [-0.2, -0.15) is 0 Å². The molecule has 5 atom stereocenters. The zero-order chi connectivity index (χ0) is 25.3. The summed E-state index contributed by atoms with van der Waals surface area (Å²) in [6.07, 6.45) is -3.09. The zero-order valence-electron chi connectivity index (χ0n) is 20.5. The summed E-state index contributed by atoms with van der Waals surface area (Å²) in [5.74, 6) is -0.433. The molecule has 7 heteroatoms. The highest BCUT2D eigenvalue weighted by atomic mass is 32.2. The number of aryl methyl sites for hydroxylation is 1. The lowest BCUT2D eigenvalue weighted by Gasteiger charge is -2.44. The number of esters is 1. The van der Waals surface area contributed by atoms with Crippen LogP contribution in [0, 0.1) is 6.92 Å². The number of carbonyl (C=O) groups excluding carboxylic acids is 1. The van der Waals surface area contributed by atoms with Crippen molar-refractivity contribution in [1.29, 1.82) is 0 Å². The number of hydrogen-bond donors (Lipinski definition) is 1. The summed E-state index contributed by atoms with van der Waals surface area (Å²) < 4.78 is 24.2. The first-order chi connectivity index (χ1) is 17.5. The average molecular weight is 509 g/mol. The van der Waals surface area contributed by atoms with Crippen LogP contribution in [-0.2, 0) is 37.0 Å². The van der Waals surface area contributed by atoms with Gasteiger partial charge in [0.2, 0.25) is 0 Å². The standard InChI is InChI=1S/C29H32O6S/c1-20-13-15-24(16-14-20)36-29-28(34-18-23-11-7-4-8-12-23)27(33-17-22-9-5-3-6-10-22)26(31)25(35-29)19-32-21(2)30/h3-16,25-29,31H,17-19H2,1-2H3/t25-,26-,27+,28-,29+/m1/s1. The number of carbonyl (C=O) groups is 1. The lowest BCUT2D eigenvalue weighted by Crippen LogP contribution is -2.59. The predicted octanol–water partition coefficient (Wildman–Crippen LogP) is 4.91. The van der Waals surface area contributed by atoms with Crippen molar-refractivity contribution in [2.45, 2.75) is 61.8 Å². The summed E-state index contributed by atoms with van der Waals surface area (Å²) >= 11 is 1.50. The van der Waals surface area contributed by atoms with Gasteiger partial charge in [-0.15, -0.1) is 0 Å². The average Bonchev–Trinajstić information content (AvgIpc) is 2.89. The molecule has 0 unspecified atom stereocenters. The molecule has 3 aromatic carbocycles. The lowest BCUT2D eigenvalue weighted by atomic mass is 9.99. The number of aliphatic hydroxyl groups is 1. The molecule has 0 amide bonds. The summed E-state index contributed by atoms with van der Waals surface area (Å²) in [7, 11) is 0. The van der Waals surface area contributed by atoms with E-state index in [1.54, 1.807) is 0 Å². The summed E-state index contributed by atoms with van der Waals surface area (Å²) in [6, 6.07) is 27.8. The second-order valence-electron chi connectivity index (χ2n) is 8.79. The van der Waals surface area contributed by atoms with Crippen LogP contribution in [0.2, 0.25) is 0 Å².